The van der Waals surface area contributed by atoms with Crippen molar-refractivity contribution in [3.05, 3.63) is 29.8 Å². The van der Waals surface area contributed by atoms with Gasteiger partial charge in [-0.2, -0.15) is 0 Å². The summed E-state index contributed by atoms with van der Waals surface area (Å²) < 4.78 is 4.98. The summed E-state index contributed by atoms with van der Waals surface area (Å²) in [7, 11) is 0. The fourth-order valence-corrected chi connectivity index (χ4v) is 5.08. The van der Waals surface area contributed by atoms with Crippen molar-refractivity contribution in [1.29, 1.82) is 0 Å². The summed E-state index contributed by atoms with van der Waals surface area (Å²) in [6, 6.07) is 5.86. The van der Waals surface area contributed by atoms with Crippen LogP contribution in [0.25, 0.3) is 0 Å². The second-order valence-electron chi connectivity index (χ2n) is 9.37. The van der Waals surface area contributed by atoms with Gasteiger partial charge in [-0.3, -0.25) is 19.3 Å². The molecule has 3 saturated heterocycles. The van der Waals surface area contributed by atoms with Gasteiger partial charge >= 0.3 is 5.97 Å². The quantitative estimate of drug-likeness (QED) is 0.501. The Hall–Kier alpha value is -2.74. The predicted molar refractivity (Wildman–Crippen MR) is 123 cm³/mol. The number of likely N-dealkylation sites (tertiary alicyclic amines) is 2. The van der Waals surface area contributed by atoms with E-state index in [1.807, 2.05) is 4.90 Å². The highest BCUT2D eigenvalue weighted by Gasteiger charge is 2.44. The number of hydrogen-bond acceptors (Lipinski definition) is 6. The first-order valence-electron chi connectivity index (χ1n) is 12.1. The summed E-state index contributed by atoms with van der Waals surface area (Å²) in [5.74, 6) is 0.0314. The molecular formula is C25H33N3O5. The van der Waals surface area contributed by atoms with E-state index in [-0.39, 0.29) is 36.7 Å². The van der Waals surface area contributed by atoms with Crippen LogP contribution >= 0.6 is 0 Å². The predicted octanol–water partition coefficient (Wildman–Crippen LogP) is 2.47. The SMILES string of the molecule is CCOC(=O)c1ccc(N2C(=O)CC(N3CCC(C(=O)N4CCC(C)CC4)CC3)C2=O)cc1. The maximum absolute atomic E-state index is 13.1. The zero-order valence-corrected chi connectivity index (χ0v) is 19.5. The molecule has 1 aromatic carbocycles. The van der Waals surface area contributed by atoms with Crippen molar-refractivity contribution in [2.45, 2.75) is 52.0 Å². The molecule has 8 nitrogen and oxygen atoms in total. The Kier molecular flexibility index (Phi) is 7.12. The molecule has 0 aliphatic carbocycles. The number of benzene rings is 1. The molecular weight excluding hydrogens is 422 g/mol. The number of anilines is 1. The van der Waals surface area contributed by atoms with Crippen LogP contribution in [0.4, 0.5) is 5.69 Å². The van der Waals surface area contributed by atoms with E-state index >= 15 is 0 Å². The van der Waals surface area contributed by atoms with Gasteiger partial charge < -0.3 is 9.64 Å². The van der Waals surface area contributed by atoms with Crippen LogP contribution in [0, 0.1) is 11.8 Å². The van der Waals surface area contributed by atoms with Gasteiger partial charge in [0, 0.05) is 19.0 Å². The van der Waals surface area contributed by atoms with Gasteiger partial charge in [0.15, 0.2) is 0 Å². The molecule has 4 rings (SSSR count). The van der Waals surface area contributed by atoms with E-state index in [1.165, 1.54) is 4.90 Å². The first-order valence-corrected chi connectivity index (χ1v) is 12.1. The van der Waals surface area contributed by atoms with Crippen LogP contribution < -0.4 is 4.90 Å². The summed E-state index contributed by atoms with van der Waals surface area (Å²) in [4.78, 5) is 55.8. The lowest BCUT2D eigenvalue weighted by atomic mass is 9.92. The van der Waals surface area contributed by atoms with Crippen molar-refractivity contribution >= 4 is 29.4 Å². The number of nitrogens with zero attached hydrogens (tertiary/aromatic N) is 3. The molecule has 0 radical (unpaired) electrons. The van der Waals surface area contributed by atoms with Gasteiger partial charge in [-0.15, -0.1) is 0 Å². The molecule has 0 saturated carbocycles. The molecule has 178 valence electrons. The Morgan fingerprint density at radius 3 is 2.21 bits per heavy atom. The largest absolute Gasteiger partial charge is 0.462 e. The molecule has 33 heavy (non-hydrogen) atoms. The number of hydrogen-bond donors (Lipinski definition) is 0. The molecule has 1 aromatic rings. The number of carbonyl (C=O) groups excluding carboxylic acids is 4. The molecule has 1 unspecified atom stereocenters. The van der Waals surface area contributed by atoms with Crippen LogP contribution in [0.5, 0.6) is 0 Å². The maximum Gasteiger partial charge on any atom is 0.338 e. The molecule has 0 N–H and O–H groups in total. The van der Waals surface area contributed by atoms with E-state index in [4.69, 9.17) is 4.74 Å². The van der Waals surface area contributed by atoms with E-state index in [1.54, 1.807) is 31.2 Å². The summed E-state index contributed by atoms with van der Waals surface area (Å²) in [5.41, 5.74) is 0.844. The van der Waals surface area contributed by atoms with Crippen molar-refractivity contribution in [2.75, 3.05) is 37.7 Å². The monoisotopic (exact) mass is 455 g/mol. The van der Waals surface area contributed by atoms with E-state index < -0.39 is 12.0 Å². The Morgan fingerprint density at radius 1 is 0.970 bits per heavy atom. The highest BCUT2D eigenvalue weighted by atomic mass is 16.5. The summed E-state index contributed by atoms with van der Waals surface area (Å²) in [5, 5.41) is 0. The second kappa shape index (κ2) is 10.0. The minimum Gasteiger partial charge on any atom is -0.462 e. The van der Waals surface area contributed by atoms with Crippen LogP contribution in [0.3, 0.4) is 0 Å². The molecule has 3 aliphatic heterocycles. The lowest BCUT2D eigenvalue weighted by Gasteiger charge is -2.38. The zero-order valence-electron chi connectivity index (χ0n) is 19.5. The van der Waals surface area contributed by atoms with Crippen LogP contribution in [-0.4, -0.2) is 72.3 Å². The van der Waals surface area contributed by atoms with Crippen LogP contribution in [0.2, 0.25) is 0 Å². The first-order chi connectivity index (χ1) is 15.9. The Balaban J connectivity index is 1.34. The number of piperidine rings is 2. The Bertz CT molecular complexity index is 899. The molecule has 0 aromatic heterocycles. The van der Waals surface area contributed by atoms with Gasteiger partial charge in [0.05, 0.1) is 30.3 Å². The molecule has 3 fully saturated rings. The number of esters is 1. The summed E-state index contributed by atoms with van der Waals surface area (Å²) >= 11 is 0. The highest BCUT2D eigenvalue weighted by molar-refractivity contribution is 6.22. The highest BCUT2D eigenvalue weighted by Crippen LogP contribution is 2.30. The minimum absolute atomic E-state index is 0.00777. The first kappa shape index (κ1) is 23.4. The molecule has 0 spiro atoms. The third-order valence-electron chi connectivity index (χ3n) is 7.17. The van der Waals surface area contributed by atoms with E-state index in [0.717, 1.165) is 38.8 Å². The average molecular weight is 456 g/mol. The third kappa shape index (κ3) is 4.95. The minimum atomic E-state index is -0.492. The van der Waals surface area contributed by atoms with Gasteiger partial charge in [0.2, 0.25) is 11.8 Å². The molecule has 8 heteroatoms. The van der Waals surface area contributed by atoms with Crippen molar-refractivity contribution in [1.82, 2.24) is 9.80 Å². The van der Waals surface area contributed by atoms with E-state index in [0.29, 0.717) is 30.3 Å². The molecule has 0 bridgehead atoms. The number of imide groups is 1. The lowest BCUT2D eigenvalue weighted by Crippen LogP contribution is -2.49. The van der Waals surface area contributed by atoms with Crippen LogP contribution in [0.15, 0.2) is 24.3 Å². The van der Waals surface area contributed by atoms with Crippen LogP contribution in [0.1, 0.15) is 56.3 Å². The lowest BCUT2D eigenvalue weighted by molar-refractivity contribution is -0.138. The Morgan fingerprint density at radius 2 is 1.61 bits per heavy atom. The van der Waals surface area contributed by atoms with E-state index in [9.17, 15) is 19.2 Å². The molecule has 3 amide bonds. The maximum atomic E-state index is 13.1. The Labute approximate surface area is 194 Å². The van der Waals surface area contributed by atoms with Crippen molar-refractivity contribution < 1.29 is 23.9 Å². The van der Waals surface area contributed by atoms with Gasteiger partial charge in [-0.25, -0.2) is 9.69 Å². The van der Waals surface area contributed by atoms with Gasteiger partial charge in [-0.05, 0) is 75.9 Å². The average Bonchev–Trinajstić information content (AvgIpc) is 3.13. The number of rotatable bonds is 5. The summed E-state index contributed by atoms with van der Waals surface area (Å²) in [6.45, 7) is 7.23. The normalized spacial score (nSPS) is 23.3. The smallest absolute Gasteiger partial charge is 0.338 e. The molecule has 3 aliphatic rings. The van der Waals surface area contributed by atoms with E-state index in [2.05, 4.69) is 11.8 Å². The van der Waals surface area contributed by atoms with Crippen molar-refractivity contribution in [2.24, 2.45) is 11.8 Å². The topological polar surface area (TPSA) is 87.2 Å². The van der Waals surface area contributed by atoms with Gasteiger partial charge in [-0.1, -0.05) is 6.92 Å². The van der Waals surface area contributed by atoms with Crippen molar-refractivity contribution in [3.63, 3.8) is 0 Å². The second-order valence-corrected chi connectivity index (χ2v) is 9.37. The fourth-order valence-electron chi connectivity index (χ4n) is 5.08. The molecule has 3 heterocycles. The summed E-state index contributed by atoms with van der Waals surface area (Å²) in [6.07, 6.45) is 3.72. The van der Waals surface area contributed by atoms with Gasteiger partial charge in [0.1, 0.15) is 0 Å². The number of carbonyl (C=O) groups is 4. The molecule has 1 atom stereocenters. The standard InChI is InChI=1S/C25H33N3O5/c1-3-33-25(32)19-4-6-20(7-5-19)28-22(29)16-21(24(28)31)26-14-10-18(11-15-26)23(30)27-12-8-17(2)9-13-27/h4-7,17-18,21H,3,8-16H2,1-2H3. The number of amides is 3. The number of ether oxygens (including phenoxy) is 1. The zero-order chi connectivity index (χ0) is 23.5. The third-order valence-corrected chi connectivity index (χ3v) is 7.17. The van der Waals surface area contributed by atoms with Crippen LogP contribution in [-0.2, 0) is 19.1 Å². The fraction of sp³-hybridized carbons (Fsp3) is 0.600. The van der Waals surface area contributed by atoms with Crippen molar-refractivity contribution in [3.8, 4) is 0 Å². The van der Waals surface area contributed by atoms with Gasteiger partial charge in [0.25, 0.3) is 5.91 Å².